The van der Waals surface area contributed by atoms with Gasteiger partial charge in [0.15, 0.2) is 5.78 Å². The van der Waals surface area contributed by atoms with Crippen molar-refractivity contribution in [1.82, 2.24) is 14.7 Å². The molecule has 0 aliphatic carbocycles. The Hall–Kier alpha value is -2.63. The highest BCUT2D eigenvalue weighted by atomic mass is 35.5. The van der Waals surface area contributed by atoms with Gasteiger partial charge in [-0.2, -0.15) is 5.10 Å². The number of ketones is 1. The first-order valence-corrected chi connectivity index (χ1v) is 10.2. The summed E-state index contributed by atoms with van der Waals surface area (Å²) in [6.45, 7) is 1.07. The fourth-order valence-electron chi connectivity index (χ4n) is 3.57. The Balaban J connectivity index is 1.39. The summed E-state index contributed by atoms with van der Waals surface area (Å²) in [7, 11) is 0. The van der Waals surface area contributed by atoms with E-state index in [1.807, 2.05) is 30.3 Å². The molecule has 2 heterocycles. The van der Waals surface area contributed by atoms with E-state index < -0.39 is 0 Å². The minimum Gasteiger partial charge on any atom is -0.339 e. The maximum absolute atomic E-state index is 12.8. The number of piperidine rings is 1. The van der Waals surface area contributed by atoms with Gasteiger partial charge in [0.2, 0.25) is 0 Å². The van der Waals surface area contributed by atoms with Crippen LogP contribution in [0.5, 0.6) is 0 Å². The first-order chi connectivity index (χ1) is 14.0. The van der Waals surface area contributed by atoms with Crippen molar-refractivity contribution in [3.05, 3.63) is 82.1 Å². The van der Waals surface area contributed by atoms with Gasteiger partial charge in [0.1, 0.15) is 0 Å². The van der Waals surface area contributed by atoms with Gasteiger partial charge in [-0.1, -0.05) is 41.4 Å². The third kappa shape index (κ3) is 4.21. The van der Waals surface area contributed by atoms with E-state index in [-0.39, 0.29) is 17.6 Å². The molecule has 1 aliphatic heterocycles. The quantitative estimate of drug-likeness (QED) is 0.555. The number of benzene rings is 2. The van der Waals surface area contributed by atoms with Crippen LogP contribution in [0, 0.1) is 5.92 Å². The minimum absolute atomic E-state index is 0.0487. The summed E-state index contributed by atoms with van der Waals surface area (Å²) in [6, 6.07) is 14.6. The lowest BCUT2D eigenvalue weighted by molar-refractivity contribution is 0.0650. The molecule has 0 radical (unpaired) electrons. The molecule has 7 heteroatoms. The van der Waals surface area contributed by atoms with Crippen molar-refractivity contribution >= 4 is 34.9 Å². The molecular formula is C22H19Cl2N3O2. The molecule has 148 valence electrons. The first-order valence-electron chi connectivity index (χ1n) is 9.41. The van der Waals surface area contributed by atoms with Gasteiger partial charge < -0.3 is 4.90 Å². The van der Waals surface area contributed by atoms with Crippen LogP contribution in [0.25, 0.3) is 5.69 Å². The summed E-state index contributed by atoms with van der Waals surface area (Å²) >= 11 is 12.0. The fourth-order valence-corrected chi connectivity index (χ4v) is 3.87. The molecule has 0 atom stereocenters. The number of nitrogens with zero attached hydrogens (tertiary/aromatic N) is 3. The number of carbonyl (C=O) groups excluding carboxylic acids is 2. The van der Waals surface area contributed by atoms with Crippen molar-refractivity contribution in [2.75, 3.05) is 13.1 Å². The van der Waals surface area contributed by atoms with Gasteiger partial charge in [-0.05, 0) is 43.2 Å². The molecule has 4 rings (SSSR count). The first kappa shape index (κ1) is 19.7. The summed E-state index contributed by atoms with van der Waals surface area (Å²) in [4.78, 5) is 27.4. The second kappa shape index (κ2) is 8.39. The summed E-state index contributed by atoms with van der Waals surface area (Å²) in [5, 5.41) is 5.10. The van der Waals surface area contributed by atoms with E-state index >= 15 is 0 Å². The van der Waals surface area contributed by atoms with E-state index in [4.69, 9.17) is 23.2 Å². The van der Waals surface area contributed by atoms with E-state index in [0.717, 1.165) is 5.69 Å². The van der Waals surface area contributed by atoms with E-state index in [1.165, 1.54) is 0 Å². The Bertz CT molecular complexity index is 1040. The highest BCUT2D eigenvalue weighted by Crippen LogP contribution is 2.27. The molecule has 0 spiro atoms. The average Bonchev–Trinajstić information content (AvgIpc) is 3.26. The van der Waals surface area contributed by atoms with Crippen LogP contribution in [0.3, 0.4) is 0 Å². The number of hydrogen-bond donors (Lipinski definition) is 0. The Labute approximate surface area is 178 Å². The van der Waals surface area contributed by atoms with E-state index in [2.05, 4.69) is 5.10 Å². The Morgan fingerprint density at radius 3 is 2.34 bits per heavy atom. The van der Waals surface area contributed by atoms with Crippen molar-refractivity contribution in [2.45, 2.75) is 12.8 Å². The Morgan fingerprint density at radius 2 is 1.66 bits per heavy atom. The van der Waals surface area contributed by atoms with Crippen LogP contribution < -0.4 is 0 Å². The van der Waals surface area contributed by atoms with Crippen LogP contribution in [-0.2, 0) is 0 Å². The number of carbonyl (C=O) groups is 2. The average molecular weight is 428 g/mol. The van der Waals surface area contributed by atoms with E-state index in [9.17, 15) is 9.59 Å². The predicted octanol–water partition coefficient (Wildman–Crippen LogP) is 4.91. The monoisotopic (exact) mass is 427 g/mol. The number of halogens is 2. The van der Waals surface area contributed by atoms with Gasteiger partial charge in [0.05, 0.1) is 27.5 Å². The van der Waals surface area contributed by atoms with Gasteiger partial charge in [0, 0.05) is 30.8 Å². The molecule has 3 aromatic rings. The molecule has 0 bridgehead atoms. The zero-order valence-corrected chi connectivity index (χ0v) is 17.1. The number of Topliss-reactive ketones (excluding diaryl/α,β-unsaturated/α-hetero) is 1. The molecule has 2 aromatic carbocycles. The number of hydrogen-bond acceptors (Lipinski definition) is 3. The zero-order chi connectivity index (χ0) is 20.4. The van der Waals surface area contributed by atoms with Crippen LogP contribution in [0.1, 0.15) is 33.6 Å². The van der Waals surface area contributed by atoms with Gasteiger partial charge in [0.25, 0.3) is 5.91 Å². The van der Waals surface area contributed by atoms with Crippen molar-refractivity contribution in [3.8, 4) is 5.69 Å². The highest BCUT2D eigenvalue weighted by Gasteiger charge is 2.29. The van der Waals surface area contributed by atoms with Crippen LogP contribution in [0.2, 0.25) is 10.0 Å². The molecule has 1 saturated heterocycles. The van der Waals surface area contributed by atoms with Crippen LogP contribution in [0.15, 0.2) is 60.9 Å². The second-order valence-corrected chi connectivity index (χ2v) is 7.88. The predicted molar refractivity (Wildman–Crippen MR) is 113 cm³/mol. The maximum atomic E-state index is 12.8. The highest BCUT2D eigenvalue weighted by molar-refractivity contribution is 6.42. The standard InChI is InChI=1S/C22H19Cl2N3O2/c23-19-7-6-16(12-20(19)24)21(28)15-8-10-26(11-9-15)22(29)17-13-25-27(14-17)18-4-2-1-3-5-18/h1-7,12-15H,8-11H2. The topological polar surface area (TPSA) is 55.2 Å². The third-order valence-corrected chi connectivity index (χ3v) is 5.95. The normalized spacial score (nSPS) is 14.8. The van der Waals surface area contributed by atoms with Gasteiger partial charge >= 0.3 is 0 Å². The summed E-state index contributed by atoms with van der Waals surface area (Å²) in [5.74, 6) is -0.136. The van der Waals surface area contributed by atoms with Crippen molar-refractivity contribution in [2.24, 2.45) is 5.92 Å². The third-order valence-electron chi connectivity index (χ3n) is 5.21. The molecule has 1 aromatic heterocycles. The van der Waals surface area contributed by atoms with Crippen molar-refractivity contribution in [3.63, 3.8) is 0 Å². The van der Waals surface area contributed by atoms with Gasteiger partial charge in [-0.25, -0.2) is 4.68 Å². The summed E-state index contributed by atoms with van der Waals surface area (Å²) in [5.41, 5.74) is 2.01. The number of amides is 1. The molecule has 0 saturated carbocycles. The number of aromatic nitrogens is 2. The largest absolute Gasteiger partial charge is 0.339 e. The number of para-hydroxylation sites is 1. The molecule has 0 unspecified atom stereocenters. The van der Waals surface area contributed by atoms with E-state index in [0.29, 0.717) is 47.1 Å². The maximum Gasteiger partial charge on any atom is 0.257 e. The summed E-state index contributed by atoms with van der Waals surface area (Å²) in [6.07, 6.45) is 4.57. The minimum atomic E-state index is -0.122. The van der Waals surface area contributed by atoms with Crippen LogP contribution in [0.4, 0.5) is 0 Å². The molecule has 29 heavy (non-hydrogen) atoms. The lowest BCUT2D eigenvalue weighted by atomic mass is 9.88. The molecule has 1 amide bonds. The smallest absolute Gasteiger partial charge is 0.257 e. The number of rotatable bonds is 4. The lowest BCUT2D eigenvalue weighted by Gasteiger charge is -2.31. The zero-order valence-electron chi connectivity index (χ0n) is 15.6. The molecular weight excluding hydrogens is 409 g/mol. The number of likely N-dealkylation sites (tertiary alicyclic amines) is 1. The molecule has 1 fully saturated rings. The molecule has 5 nitrogen and oxygen atoms in total. The SMILES string of the molecule is O=C(c1ccc(Cl)c(Cl)c1)C1CCN(C(=O)c2cnn(-c3ccccc3)c2)CC1. The van der Waals surface area contributed by atoms with Gasteiger partial charge in [-0.3, -0.25) is 9.59 Å². The Morgan fingerprint density at radius 1 is 0.931 bits per heavy atom. The van der Waals surface area contributed by atoms with Crippen molar-refractivity contribution in [1.29, 1.82) is 0 Å². The van der Waals surface area contributed by atoms with Gasteiger partial charge in [-0.15, -0.1) is 0 Å². The fraction of sp³-hybridized carbons (Fsp3) is 0.227. The lowest BCUT2D eigenvalue weighted by Crippen LogP contribution is -2.40. The summed E-state index contributed by atoms with van der Waals surface area (Å²) < 4.78 is 1.69. The van der Waals surface area contributed by atoms with E-state index in [1.54, 1.807) is 40.2 Å². The molecule has 1 aliphatic rings. The second-order valence-electron chi connectivity index (χ2n) is 7.07. The molecule has 0 N–H and O–H groups in total. The van der Waals surface area contributed by atoms with Crippen molar-refractivity contribution < 1.29 is 9.59 Å². The van der Waals surface area contributed by atoms with Crippen LogP contribution >= 0.6 is 23.2 Å². The van der Waals surface area contributed by atoms with Crippen LogP contribution in [-0.4, -0.2) is 39.5 Å². The Kier molecular flexibility index (Phi) is 5.69.